The Morgan fingerprint density at radius 3 is 2.22 bits per heavy atom. The molecule has 0 fully saturated rings. The Balaban J connectivity index is 0.000000414. The van der Waals surface area contributed by atoms with Crippen molar-refractivity contribution in [2.45, 2.75) is 25.7 Å². The molecule has 0 aliphatic carbocycles. The summed E-state index contributed by atoms with van der Waals surface area (Å²) >= 11 is 0. The number of carboxylic acids is 2. The van der Waals surface area contributed by atoms with Crippen molar-refractivity contribution in [3.63, 3.8) is 0 Å². The van der Waals surface area contributed by atoms with Gasteiger partial charge < -0.3 is 10.2 Å². The van der Waals surface area contributed by atoms with Gasteiger partial charge in [0.1, 0.15) is 5.82 Å². The zero-order valence-electron chi connectivity index (χ0n) is 20.3. The smallest absolute Gasteiger partial charge is 0.328 e. The molecular weight excluding hydrogens is 477 g/mol. The quantitative estimate of drug-likeness (QED) is 0.344. The molecule has 0 saturated carbocycles. The van der Waals surface area contributed by atoms with Gasteiger partial charge in [0.25, 0.3) is 0 Å². The van der Waals surface area contributed by atoms with Crippen LogP contribution in [0.5, 0.6) is 0 Å². The van der Waals surface area contributed by atoms with Crippen LogP contribution in [0.2, 0.25) is 0 Å². The Morgan fingerprint density at radius 1 is 0.973 bits per heavy atom. The molecule has 0 spiro atoms. The van der Waals surface area contributed by atoms with E-state index in [1.807, 2.05) is 31.6 Å². The van der Waals surface area contributed by atoms with E-state index in [0.29, 0.717) is 18.6 Å². The molecule has 0 amide bonds. The van der Waals surface area contributed by atoms with Crippen molar-refractivity contribution in [1.82, 2.24) is 24.7 Å². The number of hydrogen-bond donors (Lipinski definition) is 2. The number of carbonyl (C=O) groups is 2. The van der Waals surface area contributed by atoms with E-state index in [2.05, 4.69) is 34.1 Å². The van der Waals surface area contributed by atoms with Crippen molar-refractivity contribution in [3.8, 4) is 11.1 Å². The number of rotatable bonds is 8. The van der Waals surface area contributed by atoms with Crippen molar-refractivity contribution >= 4 is 11.9 Å². The number of carboxylic acid groups (broad SMARTS) is 2. The van der Waals surface area contributed by atoms with Gasteiger partial charge in [-0.25, -0.2) is 14.0 Å². The summed E-state index contributed by atoms with van der Waals surface area (Å²) in [5.41, 5.74) is 6.02. The average molecular weight is 504 g/mol. The minimum absolute atomic E-state index is 0.219. The van der Waals surface area contributed by atoms with Gasteiger partial charge in [-0.1, -0.05) is 19.1 Å². The lowest BCUT2D eigenvalue weighted by atomic mass is 9.94. The Kier molecular flexibility index (Phi) is 9.31. The van der Waals surface area contributed by atoms with E-state index in [-0.39, 0.29) is 11.7 Å². The Labute approximate surface area is 213 Å². The van der Waals surface area contributed by atoms with E-state index in [9.17, 15) is 14.0 Å². The fraction of sp³-hybridized carbons (Fsp3) is 0.185. The number of aryl methyl sites for hydroxylation is 1. The normalized spacial score (nSPS) is 11.5. The minimum atomic E-state index is -1.26. The third-order valence-corrected chi connectivity index (χ3v) is 5.27. The number of aromatic nitrogens is 5. The number of pyridine rings is 1. The van der Waals surface area contributed by atoms with Gasteiger partial charge in [0.05, 0.1) is 11.9 Å². The summed E-state index contributed by atoms with van der Waals surface area (Å²) in [4.78, 5) is 32.5. The molecule has 0 aliphatic heterocycles. The fourth-order valence-electron chi connectivity index (χ4n) is 3.55. The van der Waals surface area contributed by atoms with Gasteiger partial charge in [-0.2, -0.15) is 5.10 Å². The average Bonchev–Trinajstić information content (AvgIpc) is 3.30. The predicted octanol–water partition coefficient (Wildman–Crippen LogP) is 4.06. The third kappa shape index (κ3) is 8.77. The molecule has 0 radical (unpaired) electrons. The summed E-state index contributed by atoms with van der Waals surface area (Å²) < 4.78 is 15.0. The molecule has 0 unspecified atom stereocenters. The lowest BCUT2D eigenvalue weighted by Gasteiger charge is -2.14. The van der Waals surface area contributed by atoms with Crippen LogP contribution in [-0.4, -0.2) is 46.9 Å². The highest BCUT2D eigenvalue weighted by Gasteiger charge is 2.12. The van der Waals surface area contributed by atoms with Crippen LogP contribution in [0.4, 0.5) is 4.39 Å². The highest BCUT2D eigenvalue weighted by molar-refractivity contribution is 5.89. The summed E-state index contributed by atoms with van der Waals surface area (Å²) in [6.07, 6.45) is 11.5. The highest BCUT2D eigenvalue weighted by atomic mass is 19.1. The molecule has 190 valence electrons. The third-order valence-electron chi connectivity index (χ3n) is 5.27. The van der Waals surface area contributed by atoms with Crippen molar-refractivity contribution in [3.05, 3.63) is 108 Å². The molecule has 3 aromatic heterocycles. The van der Waals surface area contributed by atoms with E-state index in [0.717, 1.165) is 40.2 Å². The minimum Gasteiger partial charge on any atom is -0.478 e. The fourth-order valence-corrected chi connectivity index (χ4v) is 3.55. The summed E-state index contributed by atoms with van der Waals surface area (Å²) in [6.45, 7) is 2.13. The monoisotopic (exact) mass is 503 g/mol. The van der Waals surface area contributed by atoms with Crippen LogP contribution in [0.1, 0.15) is 35.5 Å². The maximum atomic E-state index is 13.2. The highest BCUT2D eigenvalue weighted by Crippen LogP contribution is 2.25. The molecule has 4 rings (SSSR count). The van der Waals surface area contributed by atoms with E-state index in [1.165, 1.54) is 12.1 Å². The van der Waals surface area contributed by atoms with E-state index in [4.69, 9.17) is 15.2 Å². The predicted molar refractivity (Wildman–Crippen MR) is 134 cm³/mol. The summed E-state index contributed by atoms with van der Waals surface area (Å²) in [5.74, 6) is -2.51. The second-order valence-electron chi connectivity index (χ2n) is 8.28. The van der Waals surface area contributed by atoms with Gasteiger partial charge in [0.15, 0.2) is 0 Å². The molecule has 0 bridgehead atoms. The molecule has 1 aromatic carbocycles. The lowest BCUT2D eigenvalue weighted by Crippen LogP contribution is -2.04. The first-order valence-electron chi connectivity index (χ1n) is 11.3. The molecule has 9 nitrogen and oxygen atoms in total. The first-order valence-corrected chi connectivity index (χ1v) is 11.3. The van der Waals surface area contributed by atoms with Crippen LogP contribution < -0.4 is 0 Å². The van der Waals surface area contributed by atoms with E-state index >= 15 is 0 Å². The van der Waals surface area contributed by atoms with E-state index in [1.54, 1.807) is 23.3 Å². The van der Waals surface area contributed by atoms with Gasteiger partial charge in [0.2, 0.25) is 0 Å². The number of hydrogen-bond acceptors (Lipinski definition) is 6. The van der Waals surface area contributed by atoms with Crippen LogP contribution in [0.3, 0.4) is 0 Å². The Morgan fingerprint density at radius 2 is 1.65 bits per heavy atom. The maximum absolute atomic E-state index is 13.2. The van der Waals surface area contributed by atoms with Crippen LogP contribution in [0, 0.1) is 5.82 Å². The van der Waals surface area contributed by atoms with Crippen LogP contribution in [-0.2, 0) is 29.5 Å². The van der Waals surface area contributed by atoms with Gasteiger partial charge in [-0.15, -0.1) is 0 Å². The van der Waals surface area contributed by atoms with E-state index < -0.39 is 11.9 Å². The number of aliphatic carboxylic acids is 2. The van der Waals surface area contributed by atoms with Crippen molar-refractivity contribution < 1.29 is 24.2 Å². The second kappa shape index (κ2) is 12.8. The zero-order valence-corrected chi connectivity index (χ0v) is 20.3. The molecule has 0 aliphatic rings. The van der Waals surface area contributed by atoms with Gasteiger partial charge in [0, 0.05) is 67.4 Å². The molecule has 37 heavy (non-hydrogen) atoms. The number of nitrogens with zero attached hydrogens (tertiary/aromatic N) is 5. The molecule has 0 saturated heterocycles. The van der Waals surface area contributed by atoms with Crippen molar-refractivity contribution in [2.24, 2.45) is 7.05 Å². The van der Waals surface area contributed by atoms with Crippen molar-refractivity contribution in [1.29, 1.82) is 0 Å². The van der Waals surface area contributed by atoms with Gasteiger partial charge in [-0.3, -0.25) is 19.6 Å². The van der Waals surface area contributed by atoms with Crippen LogP contribution >= 0.6 is 0 Å². The topological polar surface area (TPSA) is 131 Å². The molecular formula is C27H26FN5O4. The number of benzene rings is 1. The first kappa shape index (κ1) is 26.9. The first-order chi connectivity index (χ1) is 17.7. The van der Waals surface area contributed by atoms with Crippen LogP contribution in [0.15, 0.2) is 79.5 Å². The zero-order chi connectivity index (χ0) is 26.8. The number of halogens is 1. The van der Waals surface area contributed by atoms with Gasteiger partial charge >= 0.3 is 11.9 Å². The lowest BCUT2D eigenvalue weighted by molar-refractivity contribution is -0.134. The molecule has 2 N–H and O–H groups in total. The molecule has 1 atom stereocenters. The largest absolute Gasteiger partial charge is 0.478 e. The summed E-state index contributed by atoms with van der Waals surface area (Å²) in [7, 11) is 1.91. The maximum Gasteiger partial charge on any atom is 0.328 e. The molecule has 4 aromatic rings. The Bertz CT molecular complexity index is 1360. The summed E-state index contributed by atoms with van der Waals surface area (Å²) in [5, 5.41) is 19.9. The van der Waals surface area contributed by atoms with Gasteiger partial charge in [-0.05, 0) is 47.7 Å². The molecule has 10 heteroatoms. The summed E-state index contributed by atoms with van der Waals surface area (Å²) in [6, 6.07) is 10.9. The standard InChI is InChI=1S/C23H22FN5.C4H4O4/c1-16(17-3-5-20(24)6-4-17)9-21-10-18(19-13-27-29(2)15-19)11-22(28-21)12-23-14-25-7-8-26-23;5-3(6)1-2-4(7)8/h3-8,10-11,13-16H,9,12H2,1-2H3;1-2H,(H,5,6)(H,7,8)/b;2-1-/t16-;/m1./s1. The molecule has 3 heterocycles. The van der Waals surface area contributed by atoms with Crippen molar-refractivity contribution in [2.75, 3.05) is 0 Å². The second-order valence-corrected chi connectivity index (χ2v) is 8.28. The Hall–Kier alpha value is -4.73. The SMILES string of the molecule is C[C@H](Cc1cc(-c2cnn(C)c2)cc(Cc2cnccn2)n1)c1ccc(F)cc1.O=C(O)/C=C\C(=O)O. The van der Waals surface area contributed by atoms with Crippen LogP contribution in [0.25, 0.3) is 11.1 Å².